The van der Waals surface area contributed by atoms with Crippen molar-refractivity contribution in [3.63, 3.8) is 0 Å². The summed E-state index contributed by atoms with van der Waals surface area (Å²) in [6.07, 6.45) is 1.63. The molecule has 8 nitrogen and oxygen atoms in total. The van der Waals surface area contributed by atoms with E-state index < -0.39 is 0 Å². The van der Waals surface area contributed by atoms with E-state index >= 15 is 0 Å². The molecule has 0 aliphatic heterocycles. The van der Waals surface area contributed by atoms with E-state index in [4.69, 9.17) is 17.3 Å². The topological polar surface area (TPSA) is 111 Å². The number of aryl methyl sites for hydroxylation is 2. The molecule has 4 rings (SSSR count). The summed E-state index contributed by atoms with van der Waals surface area (Å²) in [5.41, 5.74) is 9.21. The number of halogens is 1. The Balaban J connectivity index is 1.62. The Labute approximate surface area is 171 Å². The van der Waals surface area contributed by atoms with E-state index in [-0.39, 0.29) is 11.9 Å². The number of benzene rings is 2. The molecule has 29 heavy (non-hydrogen) atoms. The highest BCUT2D eigenvalue weighted by Crippen LogP contribution is 2.28. The van der Waals surface area contributed by atoms with Crippen molar-refractivity contribution in [1.82, 2.24) is 19.7 Å². The van der Waals surface area contributed by atoms with E-state index in [0.717, 1.165) is 16.6 Å². The molecule has 0 aliphatic carbocycles. The fourth-order valence-corrected chi connectivity index (χ4v) is 3.13. The van der Waals surface area contributed by atoms with Crippen LogP contribution in [0, 0.1) is 6.92 Å². The van der Waals surface area contributed by atoms with E-state index in [9.17, 15) is 4.79 Å². The SMILES string of the molecule is Cc1ccc(NC(=O)c2cccc(Cl)c2)cc1Nc1nn(C)c2nc(N)ncc12. The molecular weight excluding hydrogens is 390 g/mol. The van der Waals surface area contributed by atoms with Crippen molar-refractivity contribution in [2.45, 2.75) is 6.92 Å². The quantitative estimate of drug-likeness (QED) is 0.473. The zero-order chi connectivity index (χ0) is 20.5. The van der Waals surface area contributed by atoms with Gasteiger partial charge in [0, 0.05) is 35.2 Å². The summed E-state index contributed by atoms with van der Waals surface area (Å²) in [7, 11) is 1.79. The predicted octanol–water partition coefficient (Wildman–Crippen LogP) is 3.90. The number of nitrogens with two attached hydrogens (primary N) is 1. The first kappa shape index (κ1) is 18.7. The van der Waals surface area contributed by atoms with Gasteiger partial charge in [-0.25, -0.2) is 9.67 Å². The number of hydrogen-bond acceptors (Lipinski definition) is 6. The maximum Gasteiger partial charge on any atom is 0.255 e. The third kappa shape index (κ3) is 3.83. The molecule has 9 heteroatoms. The molecule has 0 atom stereocenters. The van der Waals surface area contributed by atoms with Crippen molar-refractivity contribution in [3.05, 3.63) is 64.8 Å². The Kier molecular flexibility index (Phi) is 4.77. The molecule has 2 heterocycles. The second-order valence-electron chi connectivity index (χ2n) is 6.56. The third-order valence-electron chi connectivity index (χ3n) is 4.43. The molecule has 146 valence electrons. The number of amides is 1. The van der Waals surface area contributed by atoms with Crippen LogP contribution in [0.3, 0.4) is 0 Å². The molecule has 0 bridgehead atoms. The standard InChI is InChI=1S/C20H18ClN7O/c1-11-6-7-14(24-19(29)12-4-3-5-13(21)8-12)9-16(11)25-17-15-10-23-20(22)26-18(15)28(2)27-17/h3-10H,1-2H3,(H,24,29)(H,25,27)(H2,22,23,26). The van der Waals surface area contributed by atoms with Gasteiger partial charge in [-0.05, 0) is 42.8 Å². The van der Waals surface area contributed by atoms with Crippen molar-refractivity contribution in [2.24, 2.45) is 7.05 Å². The molecule has 0 fully saturated rings. The summed E-state index contributed by atoms with van der Waals surface area (Å²) < 4.78 is 1.63. The number of rotatable bonds is 4. The average molecular weight is 408 g/mol. The van der Waals surface area contributed by atoms with Gasteiger partial charge in [-0.3, -0.25) is 4.79 Å². The van der Waals surface area contributed by atoms with Gasteiger partial charge in [0.05, 0.1) is 5.39 Å². The molecule has 4 N–H and O–H groups in total. The smallest absolute Gasteiger partial charge is 0.255 e. The Hall–Kier alpha value is -3.65. The lowest BCUT2D eigenvalue weighted by molar-refractivity contribution is 0.102. The lowest BCUT2D eigenvalue weighted by atomic mass is 10.1. The highest BCUT2D eigenvalue weighted by atomic mass is 35.5. The van der Waals surface area contributed by atoms with Crippen molar-refractivity contribution < 1.29 is 4.79 Å². The zero-order valence-electron chi connectivity index (χ0n) is 15.8. The van der Waals surface area contributed by atoms with Crippen LogP contribution in [0.5, 0.6) is 0 Å². The first-order chi connectivity index (χ1) is 13.9. The fourth-order valence-electron chi connectivity index (χ4n) is 2.94. The van der Waals surface area contributed by atoms with Crippen LogP contribution >= 0.6 is 11.6 Å². The molecule has 0 saturated carbocycles. The number of nitrogens with one attached hydrogen (secondary N) is 2. The van der Waals surface area contributed by atoms with Crippen LogP contribution in [-0.4, -0.2) is 25.7 Å². The van der Waals surface area contributed by atoms with E-state index in [1.165, 1.54) is 0 Å². The summed E-state index contributed by atoms with van der Waals surface area (Å²) in [5, 5.41) is 11.9. The maximum absolute atomic E-state index is 12.5. The van der Waals surface area contributed by atoms with Gasteiger partial charge >= 0.3 is 0 Å². The van der Waals surface area contributed by atoms with Crippen LogP contribution < -0.4 is 16.4 Å². The first-order valence-electron chi connectivity index (χ1n) is 8.80. The number of anilines is 4. The van der Waals surface area contributed by atoms with Crippen LogP contribution in [-0.2, 0) is 7.05 Å². The highest BCUT2D eigenvalue weighted by molar-refractivity contribution is 6.31. The summed E-state index contributed by atoms with van der Waals surface area (Å²) in [6, 6.07) is 12.4. The van der Waals surface area contributed by atoms with Crippen molar-refractivity contribution in [1.29, 1.82) is 0 Å². The number of carbonyl (C=O) groups excluding carboxylic acids is 1. The Morgan fingerprint density at radius 3 is 2.83 bits per heavy atom. The normalized spacial score (nSPS) is 10.9. The minimum absolute atomic E-state index is 0.189. The van der Waals surface area contributed by atoms with Gasteiger partial charge in [-0.2, -0.15) is 10.1 Å². The number of aromatic nitrogens is 4. The van der Waals surface area contributed by atoms with Gasteiger partial charge in [0.2, 0.25) is 5.95 Å². The van der Waals surface area contributed by atoms with E-state index in [2.05, 4.69) is 25.7 Å². The molecule has 4 aromatic rings. The summed E-state index contributed by atoms with van der Waals surface area (Å²) >= 11 is 5.97. The van der Waals surface area contributed by atoms with Gasteiger partial charge in [0.15, 0.2) is 11.5 Å². The minimum Gasteiger partial charge on any atom is -0.368 e. The number of nitrogen functional groups attached to an aromatic ring is 1. The average Bonchev–Trinajstić information content (AvgIpc) is 2.99. The Morgan fingerprint density at radius 1 is 1.21 bits per heavy atom. The van der Waals surface area contributed by atoms with E-state index in [1.807, 2.05) is 25.1 Å². The molecule has 0 unspecified atom stereocenters. The van der Waals surface area contributed by atoms with Gasteiger partial charge in [0.25, 0.3) is 5.91 Å². The van der Waals surface area contributed by atoms with Gasteiger partial charge < -0.3 is 16.4 Å². The molecule has 0 radical (unpaired) electrons. The predicted molar refractivity (Wildman–Crippen MR) is 115 cm³/mol. The minimum atomic E-state index is -0.241. The van der Waals surface area contributed by atoms with Crippen molar-refractivity contribution in [2.75, 3.05) is 16.4 Å². The van der Waals surface area contributed by atoms with Crippen LogP contribution in [0.4, 0.5) is 23.1 Å². The van der Waals surface area contributed by atoms with Crippen molar-refractivity contribution >= 4 is 51.7 Å². The number of nitrogens with zero attached hydrogens (tertiary/aromatic N) is 4. The maximum atomic E-state index is 12.5. The molecule has 1 amide bonds. The number of hydrogen-bond donors (Lipinski definition) is 3. The molecule has 0 saturated heterocycles. The second kappa shape index (κ2) is 7.40. The lowest BCUT2D eigenvalue weighted by Gasteiger charge is -2.11. The lowest BCUT2D eigenvalue weighted by Crippen LogP contribution is -2.12. The largest absolute Gasteiger partial charge is 0.368 e. The fraction of sp³-hybridized carbons (Fsp3) is 0.100. The first-order valence-corrected chi connectivity index (χ1v) is 9.18. The van der Waals surface area contributed by atoms with Gasteiger partial charge in [0.1, 0.15) is 0 Å². The highest BCUT2D eigenvalue weighted by Gasteiger charge is 2.13. The van der Waals surface area contributed by atoms with E-state index in [1.54, 1.807) is 42.2 Å². The number of fused-ring (bicyclic) bond motifs is 1. The van der Waals surface area contributed by atoms with Crippen molar-refractivity contribution in [3.8, 4) is 0 Å². The molecule has 0 spiro atoms. The van der Waals surface area contributed by atoms with Crippen LogP contribution in [0.2, 0.25) is 5.02 Å². The second-order valence-corrected chi connectivity index (χ2v) is 6.99. The molecule has 2 aromatic heterocycles. The van der Waals surface area contributed by atoms with Gasteiger partial charge in [-0.1, -0.05) is 23.7 Å². The van der Waals surface area contributed by atoms with Gasteiger partial charge in [-0.15, -0.1) is 0 Å². The number of carbonyl (C=O) groups is 1. The van der Waals surface area contributed by atoms with Crippen LogP contribution in [0.15, 0.2) is 48.7 Å². The Bertz CT molecular complexity index is 1230. The zero-order valence-corrected chi connectivity index (χ0v) is 16.5. The monoisotopic (exact) mass is 407 g/mol. The van der Waals surface area contributed by atoms with E-state index in [0.29, 0.717) is 27.7 Å². The van der Waals surface area contributed by atoms with Crippen LogP contribution in [0.25, 0.3) is 11.0 Å². The summed E-state index contributed by atoms with van der Waals surface area (Å²) in [4.78, 5) is 20.8. The summed E-state index contributed by atoms with van der Waals surface area (Å²) in [5.74, 6) is 0.548. The molecule has 2 aromatic carbocycles. The Morgan fingerprint density at radius 2 is 2.03 bits per heavy atom. The third-order valence-corrected chi connectivity index (χ3v) is 4.67. The van der Waals surface area contributed by atoms with Crippen LogP contribution in [0.1, 0.15) is 15.9 Å². The summed E-state index contributed by atoms with van der Waals surface area (Å²) in [6.45, 7) is 1.96. The molecule has 0 aliphatic rings. The molecular formula is C20H18ClN7O.